The van der Waals surface area contributed by atoms with Gasteiger partial charge >= 0.3 is 0 Å². The summed E-state index contributed by atoms with van der Waals surface area (Å²) in [6.45, 7) is 2.54. The van der Waals surface area contributed by atoms with Crippen LogP contribution < -0.4 is 0 Å². The minimum absolute atomic E-state index is 0.513. The van der Waals surface area contributed by atoms with E-state index in [1.165, 1.54) is 57.8 Å². The average molecular weight is 242 g/mol. The zero-order valence-corrected chi connectivity index (χ0v) is 11.8. The van der Waals surface area contributed by atoms with Crippen LogP contribution in [0.4, 0.5) is 0 Å². The lowest BCUT2D eigenvalue weighted by atomic mass is 9.67. The lowest BCUT2D eigenvalue weighted by Crippen LogP contribution is -2.28. The Morgan fingerprint density at radius 3 is 2.22 bits per heavy atom. The molecule has 0 N–H and O–H groups in total. The largest absolute Gasteiger partial charge is 0.0622 e. The molecule has 2 saturated carbocycles. The summed E-state index contributed by atoms with van der Waals surface area (Å²) in [5.74, 6) is 0. The van der Waals surface area contributed by atoms with Gasteiger partial charge in [0.1, 0.15) is 0 Å². The van der Waals surface area contributed by atoms with Crippen molar-refractivity contribution in [3.8, 4) is 0 Å². The number of hydrogen-bond donors (Lipinski definition) is 0. The summed E-state index contributed by atoms with van der Waals surface area (Å²) in [5.41, 5.74) is 2.78. The predicted molar refractivity (Wildman–Crippen MR) is 77.8 cm³/mol. The first-order chi connectivity index (χ1) is 8.73. The van der Waals surface area contributed by atoms with Crippen LogP contribution in [-0.4, -0.2) is 0 Å². The van der Waals surface area contributed by atoms with Crippen LogP contribution in [0.2, 0.25) is 0 Å². The molecule has 98 valence electrons. The molecule has 18 heavy (non-hydrogen) atoms. The molecule has 0 spiro atoms. The van der Waals surface area contributed by atoms with E-state index in [1.54, 1.807) is 5.56 Å². The van der Waals surface area contributed by atoms with Crippen LogP contribution in [0.15, 0.2) is 30.3 Å². The third kappa shape index (κ3) is 2.22. The van der Waals surface area contributed by atoms with Crippen LogP contribution in [0.1, 0.15) is 70.3 Å². The molecule has 0 heterocycles. The minimum atomic E-state index is 0.513. The highest BCUT2D eigenvalue weighted by Gasteiger charge is 2.39. The van der Waals surface area contributed by atoms with E-state index >= 15 is 0 Å². The van der Waals surface area contributed by atoms with Gasteiger partial charge in [-0.25, -0.2) is 0 Å². The van der Waals surface area contributed by atoms with Crippen LogP contribution in [0.3, 0.4) is 0 Å². The summed E-state index contributed by atoms with van der Waals surface area (Å²) in [5, 5.41) is 0. The molecule has 2 bridgehead atoms. The van der Waals surface area contributed by atoms with Gasteiger partial charge < -0.3 is 0 Å². The smallest absolute Gasteiger partial charge is 0.00468 e. The highest BCUT2D eigenvalue weighted by molar-refractivity contribution is 5.26. The van der Waals surface area contributed by atoms with E-state index in [4.69, 9.17) is 0 Å². The fraction of sp³-hybridized carbons (Fsp3) is 0.667. The molecule has 0 heteroatoms. The van der Waals surface area contributed by atoms with E-state index < -0.39 is 0 Å². The van der Waals surface area contributed by atoms with Crippen molar-refractivity contribution in [2.75, 3.05) is 0 Å². The molecule has 0 amide bonds. The standard InChI is InChI=1S/C18H26/c1-17-10-5-6-12-18(15-14-17,13-7-11-17)16-8-3-2-4-9-16/h2-4,8-9H,5-7,10-15H2,1H3/t17-,18?/m1/s1. The van der Waals surface area contributed by atoms with Crippen LogP contribution in [0, 0.1) is 5.41 Å². The summed E-state index contributed by atoms with van der Waals surface area (Å²) in [6, 6.07) is 11.4. The molecule has 1 aromatic carbocycles. The number of fused-ring (bicyclic) bond motifs is 3. The Morgan fingerprint density at radius 2 is 1.39 bits per heavy atom. The van der Waals surface area contributed by atoms with Crippen molar-refractivity contribution in [3.05, 3.63) is 35.9 Å². The Bertz CT molecular complexity index is 394. The zero-order valence-electron chi connectivity index (χ0n) is 11.8. The molecule has 2 fully saturated rings. The third-order valence-electron chi connectivity index (χ3n) is 5.71. The highest BCUT2D eigenvalue weighted by Crippen LogP contribution is 2.50. The minimum Gasteiger partial charge on any atom is -0.0622 e. The summed E-state index contributed by atoms with van der Waals surface area (Å²) in [6.07, 6.45) is 13.0. The maximum Gasteiger partial charge on any atom is -0.00468 e. The fourth-order valence-electron chi connectivity index (χ4n) is 4.38. The molecule has 3 rings (SSSR count). The first kappa shape index (κ1) is 12.3. The lowest BCUT2D eigenvalue weighted by Gasteiger charge is -2.37. The lowest BCUT2D eigenvalue weighted by molar-refractivity contribution is 0.211. The van der Waals surface area contributed by atoms with Gasteiger partial charge in [-0.15, -0.1) is 0 Å². The molecule has 2 aliphatic rings. The molecule has 0 aliphatic heterocycles. The van der Waals surface area contributed by atoms with E-state index in [2.05, 4.69) is 37.3 Å². The number of rotatable bonds is 1. The molecule has 0 nitrogen and oxygen atoms in total. The van der Waals surface area contributed by atoms with Crippen molar-refractivity contribution in [2.24, 2.45) is 5.41 Å². The van der Waals surface area contributed by atoms with Crippen molar-refractivity contribution < 1.29 is 0 Å². The molecular formula is C18H26. The topological polar surface area (TPSA) is 0 Å². The maximum atomic E-state index is 2.54. The molecule has 0 saturated heterocycles. The molecule has 1 unspecified atom stereocenters. The third-order valence-corrected chi connectivity index (χ3v) is 5.71. The van der Waals surface area contributed by atoms with Crippen molar-refractivity contribution in [3.63, 3.8) is 0 Å². The molecule has 2 atom stereocenters. The zero-order chi connectivity index (χ0) is 12.5. The highest BCUT2D eigenvalue weighted by atomic mass is 14.4. The average Bonchev–Trinajstić information content (AvgIpc) is 2.50. The van der Waals surface area contributed by atoms with Gasteiger partial charge in [-0.2, -0.15) is 0 Å². The second kappa shape index (κ2) is 4.72. The van der Waals surface area contributed by atoms with E-state index in [-0.39, 0.29) is 0 Å². The van der Waals surface area contributed by atoms with E-state index in [1.807, 2.05) is 0 Å². The van der Waals surface area contributed by atoms with Gasteiger partial charge in [-0.3, -0.25) is 0 Å². The van der Waals surface area contributed by atoms with Crippen molar-refractivity contribution in [1.29, 1.82) is 0 Å². The van der Waals surface area contributed by atoms with Crippen LogP contribution in [0.25, 0.3) is 0 Å². The monoisotopic (exact) mass is 242 g/mol. The van der Waals surface area contributed by atoms with Crippen molar-refractivity contribution in [1.82, 2.24) is 0 Å². The first-order valence-corrected chi connectivity index (χ1v) is 7.78. The molecule has 1 aromatic rings. The fourth-order valence-corrected chi connectivity index (χ4v) is 4.38. The quantitative estimate of drug-likeness (QED) is 0.612. The number of benzene rings is 1. The van der Waals surface area contributed by atoms with Gasteiger partial charge in [0.2, 0.25) is 0 Å². The predicted octanol–water partition coefficient (Wildman–Crippen LogP) is 5.47. The van der Waals surface area contributed by atoms with Crippen molar-refractivity contribution >= 4 is 0 Å². The maximum absolute atomic E-state index is 2.54. The van der Waals surface area contributed by atoms with Gasteiger partial charge in [-0.05, 0) is 54.9 Å². The Kier molecular flexibility index (Phi) is 3.21. The van der Waals surface area contributed by atoms with Crippen LogP contribution in [0.5, 0.6) is 0 Å². The van der Waals surface area contributed by atoms with E-state index in [9.17, 15) is 0 Å². The summed E-state index contributed by atoms with van der Waals surface area (Å²) in [7, 11) is 0. The first-order valence-electron chi connectivity index (χ1n) is 7.78. The second-order valence-corrected chi connectivity index (χ2v) is 7.02. The van der Waals surface area contributed by atoms with Gasteiger partial charge in [0.05, 0.1) is 0 Å². The molecule has 2 aliphatic carbocycles. The van der Waals surface area contributed by atoms with Gasteiger partial charge in [-0.1, -0.05) is 56.5 Å². The Labute approximate surface area is 112 Å². The van der Waals surface area contributed by atoms with Gasteiger partial charge in [0.25, 0.3) is 0 Å². The second-order valence-electron chi connectivity index (χ2n) is 7.02. The SMILES string of the molecule is C[C@@]12CCCCC(c3ccccc3)(CCC1)CC2. The van der Waals surface area contributed by atoms with Crippen molar-refractivity contribution in [2.45, 2.75) is 70.1 Å². The summed E-state index contributed by atoms with van der Waals surface area (Å²) >= 11 is 0. The van der Waals surface area contributed by atoms with Gasteiger partial charge in [0.15, 0.2) is 0 Å². The Morgan fingerprint density at radius 1 is 0.722 bits per heavy atom. The molecule has 0 radical (unpaired) electrons. The molecule has 0 aromatic heterocycles. The normalized spacial score (nSPS) is 36.7. The summed E-state index contributed by atoms with van der Waals surface area (Å²) < 4.78 is 0. The van der Waals surface area contributed by atoms with E-state index in [0.717, 1.165) is 0 Å². The van der Waals surface area contributed by atoms with Gasteiger partial charge in [0, 0.05) is 0 Å². The van der Waals surface area contributed by atoms with E-state index in [0.29, 0.717) is 10.8 Å². The molecular weight excluding hydrogens is 216 g/mol. The van der Waals surface area contributed by atoms with Crippen LogP contribution in [-0.2, 0) is 5.41 Å². The Hall–Kier alpha value is -0.780. The summed E-state index contributed by atoms with van der Waals surface area (Å²) in [4.78, 5) is 0. The Balaban J connectivity index is 1.94. The van der Waals surface area contributed by atoms with Crippen LogP contribution >= 0.6 is 0 Å². The number of hydrogen-bond acceptors (Lipinski definition) is 0.